The average molecular weight is 409 g/mol. The molecule has 0 aliphatic heterocycles. The number of nitrogens with two attached hydrogens (primary N) is 1. The highest BCUT2D eigenvalue weighted by Gasteiger charge is 2.20. The number of hydrogen-bond donors (Lipinski definition) is 1. The highest BCUT2D eigenvalue weighted by molar-refractivity contribution is 7.90. The van der Waals surface area contributed by atoms with E-state index in [4.69, 9.17) is 5.73 Å². The third-order valence-electron chi connectivity index (χ3n) is 4.66. The number of sulfone groups is 1. The molecule has 29 heavy (non-hydrogen) atoms. The van der Waals surface area contributed by atoms with Crippen LogP contribution in [0.1, 0.15) is 27.2 Å². The van der Waals surface area contributed by atoms with Crippen LogP contribution in [-0.4, -0.2) is 33.5 Å². The first-order valence-corrected chi connectivity index (χ1v) is 10.5. The van der Waals surface area contributed by atoms with E-state index in [2.05, 4.69) is 10.1 Å². The van der Waals surface area contributed by atoms with Gasteiger partial charge in [0.15, 0.2) is 9.84 Å². The number of nitrogens with zero attached hydrogens (tertiary/aromatic N) is 4. The van der Waals surface area contributed by atoms with Crippen molar-refractivity contribution in [3.63, 3.8) is 0 Å². The molecule has 0 saturated carbocycles. The highest BCUT2D eigenvalue weighted by atomic mass is 32.2. The fraction of sp³-hybridized carbons (Fsp3) is 0.150. The van der Waals surface area contributed by atoms with E-state index in [0.717, 1.165) is 11.2 Å². The summed E-state index contributed by atoms with van der Waals surface area (Å²) in [7, 11) is -1.90. The number of carbonyl (C=O) groups excluding carboxylic acids is 1. The molecule has 0 bridgehead atoms. The zero-order valence-electron chi connectivity index (χ0n) is 15.7. The van der Waals surface area contributed by atoms with E-state index in [9.17, 15) is 13.2 Å². The maximum absolute atomic E-state index is 12.9. The van der Waals surface area contributed by atoms with Crippen molar-refractivity contribution in [3.05, 3.63) is 83.6 Å². The van der Waals surface area contributed by atoms with Gasteiger partial charge in [0.1, 0.15) is 5.65 Å². The molecular formula is C20H19N5O3S. The largest absolute Gasteiger partial charge is 0.366 e. The molecule has 0 spiro atoms. The molecule has 4 aromatic rings. The van der Waals surface area contributed by atoms with Crippen LogP contribution in [0.3, 0.4) is 0 Å². The first kappa shape index (κ1) is 18.9. The third-order valence-corrected chi connectivity index (χ3v) is 6.31. The van der Waals surface area contributed by atoms with Gasteiger partial charge >= 0.3 is 0 Å². The molecule has 1 aromatic carbocycles. The lowest BCUT2D eigenvalue weighted by Crippen LogP contribution is -2.15. The Hall–Kier alpha value is -3.46. The third kappa shape index (κ3) is 3.90. The summed E-state index contributed by atoms with van der Waals surface area (Å²) in [6, 6.07) is 9.86. The number of fused-ring (bicyclic) bond motifs is 1. The smallest absolute Gasteiger partial charge is 0.248 e. The summed E-state index contributed by atoms with van der Waals surface area (Å²) in [4.78, 5) is 16.3. The quantitative estimate of drug-likeness (QED) is 0.521. The fourth-order valence-corrected chi connectivity index (χ4v) is 4.56. The van der Waals surface area contributed by atoms with Crippen molar-refractivity contribution in [2.24, 2.45) is 12.8 Å². The van der Waals surface area contributed by atoms with Crippen LogP contribution in [0.5, 0.6) is 0 Å². The van der Waals surface area contributed by atoms with Crippen LogP contribution < -0.4 is 5.73 Å². The highest BCUT2D eigenvalue weighted by Crippen LogP contribution is 2.22. The van der Waals surface area contributed by atoms with Crippen LogP contribution in [0.15, 0.2) is 66.1 Å². The van der Waals surface area contributed by atoms with Gasteiger partial charge < -0.3 is 10.1 Å². The van der Waals surface area contributed by atoms with Gasteiger partial charge in [-0.15, -0.1) is 0 Å². The molecule has 0 aliphatic rings. The standard InChI is InChI=1S/C20H19N5O3S/c1-24-7-5-16(23-24)13-29(27,28)17-2-3-18(20(21)26)15(12-17)10-14-4-8-25-9-6-22-19(25)11-14/h2-9,11-12H,10,13H2,1H3,(H2,21,26). The van der Waals surface area contributed by atoms with Gasteiger partial charge in [-0.05, 0) is 53.9 Å². The van der Waals surface area contributed by atoms with Crippen molar-refractivity contribution in [1.29, 1.82) is 0 Å². The van der Waals surface area contributed by atoms with Crippen molar-refractivity contribution in [3.8, 4) is 0 Å². The second-order valence-corrected chi connectivity index (χ2v) is 8.82. The zero-order valence-corrected chi connectivity index (χ0v) is 16.5. The van der Waals surface area contributed by atoms with Crippen molar-refractivity contribution < 1.29 is 13.2 Å². The Labute approximate surface area is 167 Å². The Morgan fingerprint density at radius 3 is 2.66 bits per heavy atom. The van der Waals surface area contributed by atoms with Crippen molar-refractivity contribution in [2.75, 3.05) is 0 Å². The lowest BCUT2D eigenvalue weighted by Gasteiger charge is -2.11. The maximum Gasteiger partial charge on any atom is 0.248 e. The summed E-state index contributed by atoms with van der Waals surface area (Å²) >= 11 is 0. The maximum atomic E-state index is 12.9. The van der Waals surface area contributed by atoms with Crippen LogP contribution in [-0.2, 0) is 29.1 Å². The zero-order chi connectivity index (χ0) is 20.6. The Morgan fingerprint density at radius 1 is 1.10 bits per heavy atom. The molecule has 3 aromatic heterocycles. The van der Waals surface area contributed by atoms with Gasteiger partial charge in [-0.1, -0.05) is 0 Å². The van der Waals surface area contributed by atoms with Crippen LogP contribution in [0.25, 0.3) is 5.65 Å². The van der Waals surface area contributed by atoms with Gasteiger partial charge in [-0.3, -0.25) is 9.48 Å². The normalized spacial score (nSPS) is 11.8. The molecule has 0 saturated heterocycles. The predicted octanol–water partition coefficient (Wildman–Crippen LogP) is 1.73. The van der Waals surface area contributed by atoms with Gasteiger partial charge in [0.25, 0.3) is 0 Å². The van der Waals surface area contributed by atoms with Gasteiger partial charge in [-0.2, -0.15) is 5.10 Å². The minimum atomic E-state index is -3.63. The number of carbonyl (C=O) groups is 1. The Kier molecular flexibility index (Phi) is 4.67. The fourth-order valence-electron chi connectivity index (χ4n) is 3.25. The lowest BCUT2D eigenvalue weighted by atomic mass is 10.00. The van der Waals surface area contributed by atoms with E-state index in [-0.39, 0.29) is 10.6 Å². The lowest BCUT2D eigenvalue weighted by molar-refractivity contribution is 0.0999. The number of hydrogen-bond acceptors (Lipinski definition) is 5. The number of imidazole rings is 1. The summed E-state index contributed by atoms with van der Waals surface area (Å²) in [5.41, 5.74) is 8.47. The summed E-state index contributed by atoms with van der Waals surface area (Å²) in [6.07, 6.45) is 7.44. The molecule has 0 aliphatic carbocycles. The van der Waals surface area contributed by atoms with Crippen molar-refractivity contribution >= 4 is 21.4 Å². The molecule has 1 amide bonds. The van der Waals surface area contributed by atoms with Crippen LogP contribution in [0.4, 0.5) is 0 Å². The van der Waals surface area contributed by atoms with E-state index in [1.807, 2.05) is 28.9 Å². The Morgan fingerprint density at radius 2 is 1.93 bits per heavy atom. The molecule has 3 heterocycles. The first-order valence-electron chi connectivity index (χ1n) is 8.87. The van der Waals surface area contributed by atoms with E-state index in [1.54, 1.807) is 30.2 Å². The van der Waals surface area contributed by atoms with Gasteiger partial charge in [0.2, 0.25) is 5.91 Å². The van der Waals surface area contributed by atoms with Crippen LogP contribution in [0.2, 0.25) is 0 Å². The number of rotatable bonds is 6. The molecule has 148 valence electrons. The van der Waals surface area contributed by atoms with Crippen LogP contribution >= 0.6 is 0 Å². The van der Waals surface area contributed by atoms with Crippen molar-refractivity contribution in [1.82, 2.24) is 19.2 Å². The number of amides is 1. The number of primary amides is 1. The molecular weight excluding hydrogens is 390 g/mol. The number of benzene rings is 1. The Balaban J connectivity index is 1.70. The molecule has 0 radical (unpaired) electrons. The molecule has 0 fully saturated rings. The van der Waals surface area contributed by atoms with E-state index in [1.165, 1.54) is 18.2 Å². The van der Waals surface area contributed by atoms with E-state index in [0.29, 0.717) is 23.2 Å². The summed E-state index contributed by atoms with van der Waals surface area (Å²) in [5, 5.41) is 4.14. The monoisotopic (exact) mass is 409 g/mol. The van der Waals surface area contributed by atoms with E-state index >= 15 is 0 Å². The first-order chi connectivity index (χ1) is 13.8. The summed E-state index contributed by atoms with van der Waals surface area (Å²) in [6.45, 7) is 0. The topological polar surface area (TPSA) is 112 Å². The van der Waals surface area contributed by atoms with Gasteiger partial charge in [0, 0.05) is 37.4 Å². The molecule has 0 atom stereocenters. The summed E-state index contributed by atoms with van der Waals surface area (Å²) < 4.78 is 29.1. The number of pyridine rings is 1. The van der Waals surface area contributed by atoms with Crippen molar-refractivity contribution in [2.45, 2.75) is 17.1 Å². The summed E-state index contributed by atoms with van der Waals surface area (Å²) in [5.74, 6) is -0.820. The molecule has 0 unspecified atom stereocenters. The van der Waals surface area contributed by atoms with Crippen LogP contribution in [0, 0.1) is 0 Å². The second-order valence-electron chi connectivity index (χ2n) is 6.83. The number of aromatic nitrogens is 4. The van der Waals surface area contributed by atoms with Gasteiger partial charge in [-0.25, -0.2) is 13.4 Å². The predicted molar refractivity (Wildman–Crippen MR) is 107 cm³/mol. The van der Waals surface area contributed by atoms with Gasteiger partial charge in [0.05, 0.1) is 16.3 Å². The average Bonchev–Trinajstić information content (AvgIpc) is 3.29. The Bertz CT molecular complexity index is 1320. The molecule has 9 heteroatoms. The molecule has 4 rings (SSSR count). The SMILES string of the molecule is Cn1ccc(CS(=O)(=O)c2ccc(C(N)=O)c(Cc3ccn4ccnc4c3)c2)n1. The minimum absolute atomic E-state index is 0.130. The molecule has 8 nitrogen and oxygen atoms in total. The minimum Gasteiger partial charge on any atom is -0.366 e. The molecule has 2 N–H and O–H groups in total. The second kappa shape index (κ2) is 7.17. The number of aryl methyl sites for hydroxylation is 1. The van der Waals surface area contributed by atoms with E-state index < -0.39 is 15.7 Å².